The highest BCUT2D eigenvalue weighted by molar-refractivity contribution is 5.85. The van der Waals surface area contributed by atoms with E-state index < -0.39 is 6.04 Å². The number of hydrogen-bond donors (Lipinski definition) is 2. The fourth-order valence-electron chi connectivity index (χ4n) is 1.12. The molecule has 0 aromatic carbocycles. The number of amides is 1. The molecule has 0 bridgehead atoms. The highest BCUT2D eigenvalue weighted by atomic mass is 35.5. The van der Waals surface area contributed by atoms with E-state index in [2.05, 4.69) is 10.2 Å². The summed E-state index contributed by atoms with van der Waals surface area (Å²) in [5, 5.41) is 2.77. The summed E-state index contributed by atoms with van der Waals surface area (Å²) in [7, 11) is 3.72. The van der Waals surface area contributed by atoms with Gasteiger partial charge in [-0.3, -0.25) is 4.79 Å². The first-order valence-electron chi connectivity index (χ1n) is 5.28. The molecule has 0 radical (unpaired) electrons. The molecule has 1 amide bonds. The van der Waals surface area contributed by atoms with Crippen molar-refractivity contribution in [2.75, 3.05) is 40.4 Å². The van der Waals surface area contributed by atoms with Gasteiger partial charge in [0.25, 0.3) is 0 Å². The lowest BCUT2D eigenvalue weighted by atomic mass is 10.3. The predicted octanol–water partition coefficient (Wildman–Crippen LogP) is -0.160. The van der Waals surface area contributed by atoms with Gasteiger partial charge in [0.05, 0.1) is 6.04 Å². The zero-order valence-corrected chi connectivity index (χ0v) is 11.2. The van der Waals surface area contributed by atoms with Crippen LogP contribution in [0.5, 0.6) is 0 Å². The van der Waals surface area contributed by atoms with Gasteiger partial charge >= 0.3 is 0 Å². The van der Waals surface area contributed by atoms with Crippen LogP contribution < -0.4 is 11.1 Å². The molecule has 0 saturated carbocycles. The molecule has 98 valence electrons. The number of methoxy groups -OCH3 is 1. The second-order valence-corrected chi connectivity index (χ2v) is 3.73. The van der Waals surface area contributed by atoms with Crippen LogP contribution in [-0.4, -0.2) is 57.2 Å². The Balaban J connectivity index is 0. The zero-order valence-electron chi connectivity index (χ0n) is 10.4. The van der Waals surface area contributed by atoms with E-state index in [4.69, 9.17) is 10.5 Å². The van der Waals surface area contributed by atoms with Gasteiger partial charge in [0.1, 0.15) is 0 Å². The van der Waals surface area contributed by atoms with Gasteiger partial charge in [0.2, 0.25) is 5.91 Å². The molecule has 5 nitrogen and oxygen atoms in total. The Bertz CT molecular complexity index is 179. The summed E-state index contributed by atoms with van der Waals surface area (Å²) >= 11 is 0. The van der Waals surface area contributed by atoms with Gasteiger partial charge in [-0.1, -0.05) is 0 Å². The van der Waals surface area contributed by atoms with E-state index in [0.717, 1.165) is 26.1 Å². The molecule has 0 aliphatic rings. The second-order valence-electron chi connectivity index (χ2n) is 3.73. The van der Waals surface area contributed by atoms with Crippen molar-refractivity contribution in [2.45, 2.75) is 19.4 Å². The van der Waals surface area contributed by atoms with Gasteiger partial charge in [-0.25, -0.2) is 0 Å². The SMILES string of the molecule is COCCCN(C)CCNC(=O)C(C)N.Cl. The van der Waals surface area contributed by atoms with E-state index in [0.29, 0.717) is 6.54 Å². The first-order valence-corrected chi connectivity index (χ1v) is 5.28. The Morgan fingerprint density at radius 2 is 2.12 bits per heavy atom. The zero-order chi connectivity index (χ0) is 11.7. The van der Waals surface area contributed by atoms with E-state index in [9.17, 15) is 4.79 Å². The third kappa shape index (κ3) is 10.2. The number of likely N-dealkylation sites (N-methyl/N-ethyl adjacent to an activating group) is 1. The summed E-state index contributed by atoms with van der Waals surface area (Å²) in [6.07, 6.45) is 1.01. The predicted molar refractivity (Wildman–Crippen MR) is 67.9 cm³/mol. The Kier molecular flexibility index (Phi) is 12.5. The first kappa shape index (κ1) is 18.0. The van der Waals surface area contributed by atoms with Gasteiger partial charge in [0.15, 0.2) is 0 Å². The van der Waals surface area contributed by atoms with Crippen molar-refractivity contribution in [3.05, 3.63) is 0 Å². The van der Waals surface area contributed by atoms with Gasteiger partial charge in [-0.2, -0.15) is 0 Å². The van der Waals surface area contributed by atoms with Gasteiger partial charge in [-0.05, 0) is 20.4 Å². The molecule has 16 heavy (non-hydrogen) atoms. The lowest BCUT2D eigenvalue weighted by Gasteiger charge is -2.17. The Hall–Kier alpha value is -0.360. The van der Waals surface area contributed by atoms with Gasteiger partial charge in [0, 0.05) is 33.4 Å². The third-order valence-electron chi connectivity index (χ3n) is 2.09. The monoisotopic (exact) mass is 253 g/mol. The van der Waals surface area contributed by atoms with Crippen LogP contribution in [-0.2, 0) is 9.53 Å². The molecule has 0 spiro atoms. The molecule has 1 unspecified atom stereocenters. The van der Waals surface area contributed by atoms with Crippen molar-refractivity contribution in [2.24, 2.45) is 5.73 Å². The molecule has 0 heterocycles. The van der Waals surface area contributed by atoms with Gasteiger partial charge < -0.3 is 20.7 Å². The van der Waals surface area contributed by atoms with E-state index in [-0.39, 0.29) is 18.3 Å². The minimum absolute atomic E-state index is 0. The van der Waals surface area contributed by atoms with Crippen molar-refractivity contribution in [1.82, 2.24) is 10.2 Å². The standard InChI is InChI=1S/C10H23N3O2.ClH/c1-9(11)10(14)12-5-7-13(2)6-4-8-15-3;/h9H,4-8,11H2,1-3H3,(H,12,14);1H. The number of nitrogens with zero attached hydrogens (tertiary/aromatic N) is 1. The van der Waals surface area contributed by atoms with Crippen LogP contribution in [0.25, 0.3) is 0 Å². The van der Waals surface area contributed by atoms with Crippen LogP contribution >= 0.6 is 12.4 Å². The van der Waals surface area contributed by atoms with Crippen LogP contribution in [0.3, 0.4) is 0 Å². The van der Waals surface area contributed by atoms with Crippen LogP contribution in [0.2, 0.25) is 0 Å². The van der Waals surface area contributed by atoms with Crippen molar-refractivity contribution in [1.29, 1.82) is 0 Å². The molecule has 3 N–H and O–H groups in total. The average Bonchev–Trinajstić information content (AvgIpc) is 2.18. The lowest BCUT2D eigenvalue weighted by molar-refractivity contribution is -0.122. The second kappa shape index (κ2) is 11.1. The van der Waals surface area contributed by atoms with Crippen molar-refractivity contribution in [3.8, 4) is 0 Å². The molecular formula is C10H24ClN3O2. The summed E-state index contributed by atoms with van der Waals surface area (Å²) in [6.45, 7) is 4.90. The fourth-order valence-corrected chi connectivity index (χ4v) is 1.12. The summed E-state index contributed by atoms with van der Waals surface area (Å²) in [5.41, 5.74) is 5.41. The van der Waals surface area contributed by atoms with E-state index >= 15 is 0 Å². The smallest absolute Gasteiger partial charge is 0.236 e. The molecule has 0 fully saturated rings. The number of ether oxygens (including phenoxy) is 1. The highest BCUT2D eigenvalue weighted by Gasteiger charge is 2.06. The normalized spacial score (nSPS) is 12.1. The van der Waals surface area contributed by atoms with Crippen molar-refractivity contribution < 1.29 is 9.53 Å². The number of nitrogens with one attached hydrogen (secondary N) is 1. The van der Waals surface area contributed by atoms with Crippen molar-refractivity contribution >= 4 is 18.3 Å². The Labute approximate surface area is 104 Å². The molecule has 0 rings (SSSR count). The largest absolute Gasteiger partial charge is 0.385 e. The maximum absolute atomic E-state index is 11.1. The molecule has 0 aromatic rings. The molecular weight excluding hydrogens is 230 g/mol. The average molecular weight is 254 g/mol. The maximum atomic E-state index is 11.1. The fraction of sp³-hybridized carbons (Fsp3) is 0.900. The number of carbonyl (C=O) groups is 1. The third-order valence-corrected chi connectivity index (χ3v) is 2.09. The summed E-state index contributed by atoms with van der Waals surface area (Å²) < 4.78 is 4.95. The van der Waals surface area contributed by atoms with Crippen LogP contribution in [0.15, 0.2) is 0 Å². The minimum Gasteiger partial charge on any atom is -0.385 e. The van der Waals surface area contributed by atoms with Crippen LogP contribution in [0.4, 0.5) is 0 Å². The minimum atomic E-state index is -0.427. The van der Waals surface area contributed by atoms with E-state index in [1.165, 1.54) is 0 Å². The molecule has 0 aliphatic heterocycles. The van der Waals surface area contributed by atoms with Gasteiger partial charge in [-0.15, -0.1) is 12.4 Å². The quantitative estimate of drug-likeness (QED) is 0.590. The Morgan fingerprint density at radius 1 is 1.50 bits per heavy atom. The maximum Gasteiger partial charge on any atom is 0.236 e. The molecule has 6 heteroatoms. The number of hydrogen-bond acceptors (Lipinski definition) is 4. The summed E-state index contributed by atoms with van der Waals surface area (Å²) in [4.78, 5) is 13.3. The van der Waals surface area contributed by atoms with E-state index in [1.54, 1.807) is 14.0 Å². The molecule has 0 saturated heterocycles. The first-order chi connectivity index (χ1) is 7.07. The van der Waals surface area contributed by atoms with E-state index in [1.807, 2.05) is 7.05 Å². The number of halogens is 1. The Morgan fingerprint density at radius 3 is 2.62 bits per heavy atom. The molecule has 1 atom stereocenters. The van der Waals surface area contributed by atoms with Crippen LogP contribution in [0.1, 0.15) is 13.3 Å². The summed E-state index contributed by atoms with van der Waals surface area (Å²) in [5.74, 6) is -0.0970. The molecule has 0 aliphatic carbocycles. The molecule has 0 aromatic heterocycles. The number of nitrogens with two attached hydrogens (primary N) is 1. The topological polar surface area (TPSA) is 67.6 Å². The lowest BCUT2D eigenvalue weighted by Crippen LogP contribution is -2.41. The highest BCUT2D eigenvalue weighted by Crippen LogP contribution is 1.87. The number of carbonyl (C=O) groups excluding carboxylic acids is 1. The van der Waals surface area contributed by atoms with Crippen molar-refractivity contribution in [3.63, 3.8) is 0 Å². The summed E-state index contributed by atoms with van der Waals surface area (Å²) in [6, 6.07) is -0.427. The number of rotatable bonds is 8. The van der Waals surface area contributed by atoms with Crippen LogP contribution in [0, 0.1) is 0 Å².